The van der Waals surface area contributed by atoms with Crippen LogP contribution in [0.3, 0.4) is 0 Å². The number of carbonyl (C=O) groups excluding carboxylic acids is 1. The third-order valence-corrected chi connectivity index (χ3v) is 8.37. The lowest BCUT2D eigenvalue weighted by Crippen LogP contribution is -2.51. The van der Waals surface area contributed by atoms with Crippen molar-refractivity contribution in [1.29, 1.82) is 0 Å². The first-order valence-electron chi connectivity index (χ1n) is 14.3. The standard InChI is InChI=1S/C31H43N5O2/c1-21(2)30-27-19-25(5-6-28(27)33-31(30)26-17-22(3)32-23(4)18-26)24-7-9-36(10-8-24)29(38)20-35-13-11-34(12-14-35)15-16-37/h5-6,17-19,21,24,33,37H,7-16,20H2,1-4H3. The van der Waals surface area contributed by atoms with Gasteiger partial charge in [0.05, 0.1) is 18.8 Å². The second kappa shape index (κ2) is 11.6. The van der Waals surface area contributed by atoms with Crippen molar-refractivity contribution in [1.82, 2.24) is 24.7 Å². The van der Waals surface area contributed by atoms with Crippen molar-refractivity contribution in [2.75, 3.05) is 59.0 Å². The summed E-state index contributed by atoms with van der Waals surface area (Å²) < 4.78 is 0. The van der Waals surface area contributed by atoms with Gasteiger partial charge in [0.2, 0.25) is 5.91 Å². The number of aromatic amines is 1. The number of piperidine rings is 1. The van der Waals surface area contributed by atoms with Crippen LogP contribution in [-0.4, -0.2) is 94.6 Å². The molecule has 0 atom stereocenters. The number of fused-ring (bicyclic) bond motifs is 1. The van der Waals surface area contributed by atoms with E-state index in [1.54, 1.807) is 0 Å². The fourth-order valence-corrected chi connectivity index (χ4v) is 6.36. The number of hydrogen-bond donors (Lipinski definition) is 2. The third kappa shape index (κ3) is 5.80. The number of aryl methyl sites for hydroxylation is 2. The van der Waals surface area contributed by atoms with Gasteiger partial charge in [0.25, 0.3) is 0 Å². The molecule has 7 heteroatoms. The van der Waals surface area contributed by atoms with Gasteiger partial charge in [-0.1, -0.05) is 19.9 Å². The maximum atomic E-state index is 13.0. The monoisotopic (exact) mass is 517 g/mol. The minimum absolute atomic E-state index is 0.203. The maximum Gasteiger partial charge on any atom is 0.236 e. The van der Waals surface area contributed by atoms with E-state index in [1.807, 2.05) is 0 Å². The minimum atomic E-state index is 0.203. The summed E-state index contributed by atoms with van der Waals surface area (Å²) in [7, 11) is 0. The van der Waals surface area contributed by atoms with Crippen LogP contribution in [0.5, 0.6) is 0 Å². The average Bonchev–Trinajstić information content (AvgIpc) is 3.29. The Kier molecular flexibility index (Phi) is 8.17. The van der Waals surface area contributed by atoms with Crippen LogP contribution in [0.25, 0.3) is 22.2 Å². The molecule has 0 aliphatic carbocycles. The molecule has 204 valence electrons. The smallest absolute Gasteiger partial charge is 0.236 e. The van der Waals surface area contributed by atoms with Crippen molar-refractivity contribution in [3.63, 3.8) is 0 Å². The Labute approximate surface area is 226 Å². The van der Waals surface area contributed by atoms with Crippen molar-refractivity contribution in [3.05, 3.63) is 52.8 Å². The number of piperazine rings is 1. The third-order valence-electron chi connectivity index (χ3n) is 8.37. The topological polar surface area (TPSA) is 75.7 Å². The van der Waals surface area contributed by atoms with Gasteiger partial charge in [0.15, 0.2) is 0 Å². The largest absolute Gasteiger partial charge is 0.395 e. The Morgan fingerprint density at radius 3 is 2.29 bits per heavy atom. The first-order chi connectivity index (χ1) is 18.3. The molecule has 2 N–H and O–H groups in total. The molecule has 0 radical (unpaired) electrons. The molecule has 2 aromatic heterocycles. The van der Waals surface area contributed by atoms with Crippen LogP contribution < -0.4 is 0 Å². The Morgan fingerprint density at radius 1 is 1.00 bits per heavy atom. The number of rotatable bonds is 7. The number of aliphatic hydroxyl groups excluding tert-OH is 1. The quantitative estimate of drug-likeness (QED) is 0.489. The summed E-state index contributed by atoms with van der Waals surface area (Å²) in [5.41, 5.74) is 8.44. The molecule has 0 unspecified atom stereocenters. The number of benzene rings is 1. The Bertz CT molecular complexity index is 1250. The fraction of sp³-hybridized carbons (Fsp3) is 0.548. The molecular formula is C31H43N5O2. The van der Waals surface area contributed by atoms with Crippen molar-refractivity contribution < 1.29 is 9.90 Å². The van der Waals surface area contributed by atoms with Crippen LogP contribution in [0.4, 0.5) is 0 Å². The van der Waals surface area contributed by atoms with Crippen LogP contribution in [-0.2, 0) is 4.79 Å². The normalized spacial score (nSPS) is 18.1. The van der Waals surface area contributed by atoms with Crippen molar-refractivity contribution >= 4 is 16.8 Å². The number of likely N-dealkylation sites (tertiary alicyclic amines) is 1. The summed E-state index contributed by atoms with van der Waals surface area (Å²) in [4.78, 5) is 27.9. The predicted octanol–water partition coefficient (Wildman–Crippen LogP) is 4.29. The number of nitrogens with zero attached hydrogens (tertiary/aromatic N) is 4. The van der Waals surface area contributed by atoms with Gasteiger partial charge in [0, 0.05) is 73.7 Å². The van der Waals surface area contributed by atoms with Crippen LogP contribution >= 0.6 is 0 Å². The van der Waals surface area contributed by atoms with Crippen molar-refractivity contribution in [2.24, 2.45) is 0 Å². The van der Waals surface area contributed by atoms with E-state index in [-0.39, 0.29) is 12.5 Å². The molecule has 38 heavy (non-hydrogen) atoms. The number of pyridine rings is 1. The van der Waals surface area contributed by atoms with Gasteiger partial charge in [-0.05, 0) is 73.9 Å². The number of carbonyl (C=O) groups is 1. The molecule has 4 heterocycles. The van der Waals surface area contributed by atoms with Crippen LogP contribution in [0.1, 0.15) is 61.0 Å². The summed E-state index contributed by atoms with van der Waals surface area (Å²) in [5.74, 6) is 1.14. The number of nitrogens with one attached hydrogen (secondary N) is 1. The molecule has 3 aromatic rings. The zero-order valence-electron chi connectivity index (χ0n) is 23.5. The fourth-order valence-electron chi connectivity index (χ4n) is 6.36. The Hall–Kier alpha value is -2.74. The van der Waals surface area contributed by atoms with Crippen LogP contribution in [0, 0.1) is 13.8 Å². The van der Waals surface area contributed by atoms with Gasteiger partial charge < -0.3 is 15.0 Å². The number of β-amino-alcohol motifs (C(OH)–C–C–N with tert-alkyl or cyclic N) is 1. The molecule has 0 bridgehead atoms. The number of hydrogen-bond acceptors (Lipinski definition) is 5. The SMILES string of the molecule is Cc1cc(-c2[nH]c3ccc(C4CCN(C(=O)CN5CCN(CCO)CC5)CC4)cc3c2C(C)C)cc(C)n1. The highest BCUT2D eigenvalue weighted by Crippen LogP contribution is 2.38. The molecule has 2 aliphatic heterocycles. The van der Waals surface area contributed by atoms with Gasteiger partial charge in [-0.15, -0.1) is 0 Å². The summed E-state index contributed by atoms with van der Waals surface area (Å²) in [6, 6.07) is 11.3. The van der Waals surface area contributed by atoms with Crippen molar-refractivity contribution in [2.45, 2.75) is 52.4 Å². The van der Waals surface area contributed by atoms with E-state index >= 15 is 0 Å². The van der Waals surface area contributed by atoms with Gasteiger partial charge in [-0.3, -0.25) is 19.6 Å². The van der Waals surface area contributed by atoms with E-state index in [1.165, 1.54) is 33.3 Å². The molecule has 0 saturated carbocycles. The molecule has 2 saturated heterocycles. The van der Waals surface area contributed by atoms with E-state index in [0.717, 1.165) is 70.0 Å². The molecule has 1 aromatic carbocycles. The second-order valence-electron chi connectivity index (χ2n) is 11.5. The zero-order valence-corrected chi connectivity index (χ0v) is 23.5. The van der Waals surface area contributed by atoms with Gasteiger partial charge >= 0.3 is 0 Å². The molecule has 5 rings (SSSR count). The Balaban J connectivity index is 1.26. The summed E-state index contributed by atoms with van der Waals surface area (Å²) in [6.07, 6.45) is 2.02. The summed E-state index contributed by atoms with van der Waals surface area (Å²) in [5, 5.41) is 10.5. The lowest BCUT2D eigenvalue weighted by atomic mass is 9.87. The Morgan fingerprint density at radius 2 is 1.66 bits per heavy atom. The average molecular weight is 518 g/mol. The van der Waals surface area contributed by atoms with Crippen LogP contribution in [0.15, 0.2) is 30.3 Å². The molecule has 0 spiro atoms. The minimum Gasteiger partial charge on any atom is -0.395 e. The first kappa shape index (κ1) is 26.9. The lowest BCUT2D eigenvalue weighted by molar-refractivity contribution is -0.133. The molecule has 1 amide bonds. The molecule has 2 fully saturated rings. The number of aliphatic hydroxyl groups is 1. The van der Waals surface area contributed by atoms with Gasteiger partial charge in [0.1, 0.15) is 0 Å². The van der Waals surface area contributed by atoms with E-state index in [0.29, 0.717) is 18.4 Å². The van der Waals surface area contributed by atoms with E-state index in [2.05, 4.69) is 82.7 Å². The van der Waals surface area contributed by atoms with Crippen LogP contribution in [0.2, 0.25) is 0 Å². The highest BCUT2D eigenvalue weighted by atomic mass is 16.3. The number of amides is 1. The highest BCUT2D eigenvalue weighted by Gasteiger charge is 2.27. The summed E-state index contributed by atoms with van der Waals surface area (Å²) in [6.45, 7) is 15.4. The van der Waals surface area contributed by atoms with E-state index in [9.17, 15) is 4.79 Å². The molecule has 2 aliphatic rings. The van der Waals surface area contributed by atoms with E-state index < -0.39 is 0 Å². The molecular weight excluding hydrogens is 474 g/mol. The second-order valence-corrected chi connectivity index (χ2v) is 11.5. The number of aromatic nitrogens is 2. The number of H-pyrrole nitrogens is 1. The predicted molar refractivity (Wildman–Crippen MR) is 154 cm³/mol. The van der Waals surface area contributed by atoms with Gasteiger partial charge in [-0.25, -0.2) is 0 Å². The highest BCUT2D eigenvalue weighted by molar-refractivity contribution is 5.92. The van der Waals surface area contributed by atoms with Gasteiger partial charge in [-0.2, -0.15) is 0 Å². The lowest BCUT2D eigenvalue weighted by Gasteiger charge is -2.37. The first-order valence-corrected chi connectivity index (χ1v) is 14.3. The zero-order chi connectivity index (χ0) is 26.8. The van der Waals surface area contributed by atoms with E-state index in [4.69, 9.17) is 5.11 Å². The summed E-state index contributed by atoms with van der Waals surface area (Å²) >= 11 is 0. The van der Waals surface area contributed by atoms with Crippen molar-refractivity contribution in [3.8, 4) is 11.3 Å². The molecule has 7 nitrogen and oxygen atoms in total. The maximum absolute atomic E-state index is 13.0.